The van der Waals surface area contributed by atoms with Crippen LogP contribution in [-0.2, 0) is 11.5 Å². The summed E-state index contributed by atoms with van der Waals surface area (Å²) in [5.41, 5.74) is 1.53. The van der Waals surface area contributed by atoms with Gasteiger partial charge in [0, 0.05) is 7.11 Å². The molecule has 3 nitrogen and oxygen atoms in total. The maximum Gasteiger partial charge on any atom is 0.125 e. The molecule has 0 bridgehead atoms. The van der Waals surface area contributed by atoms with Gasteiger partial charge in [-0.2, -0.15) is 0 Å². The van der Waals surface area contributed by atoms with E-state index in [1.165, 1.54) is 12.1 Å². The van der Waals surface area contributed by atoms with Gasteiger partial charge in [0.1, 0.15) is 12.5 Å². The molecule has 0 radical (unpaired) electrons. The molecular formula is C9H9FN2O. The van der Waals surface area contributed by atoms with Crippen LogP contribution in [-0.4, -0.2) is 16.7 Å². The Balaban J connectivity index is 2.58. The zero-order valence-electron chi connectivity index (χ0n) is 7.20. The number of methoxy groups -OCH3 is 1. The van der Waals surface area contributed by atoms with Gasteiger partial charge in [-0.3, -0.25) is 0 Å². The molecular weight excluding hydrogens is 171 g/mol. The number of benzene rings is 1. The summed E-state index contributed by atoms with van der Waals surface area (Å²) in [6.07, 6.45) is 1.63. The first-order valence-electron chi connectivity index (χ1n) is 3.90. The molecule has 1 aromatic carbocycles. The molecule has 13 heavy (non-hydrogen) atoms. The summed E-state index contributed by atoms with van der Waals surface area (Å²) in [5, 5.41) is 0. The lowest BCUT2D eigenvalue weighted by Gasteiger charge is -2.00. The van der Waals surface area contributed by atoms with E-state index in [2.05, 4.69) is 4.98 Å². The third-order valence-electron chi connectivity index (χ3n) is 1.85. The van der Waals surface area contributed by atoms with Gasteiger partial charge in [0.05, 0.1) is 17.4 Å². The summed E-state index contributed by atoms with van der Waals surface area (Å²) < 4.78 is 19.5. The molecule has 0 amide bonds. The molecule has 0 N–H and O–H groups in total. The maximum absolute atomic E-state index is 12.9. The number of rotatable bonds is 2. The molecule has 1 aromatic heterocycles. The van der Waals surface area contributed by atoms with Crippen LogP contribution in [0, 0.1) is 5.82 Å². The molecule has 0 spiro atoms. The number of hydrogen-bond donors (Lipinski definition) is 0. The summed E-state index contributed by atoms with van der Waals surface area (Å²) in [7, 11) is 1.59. The summed E-state index contributed by atoms with van der Waals surface area (Å²) in [5.74, 6) is -0.259. The standard InChI is InChI=1S/C9H9FN2O/c1-13-6-12-5-11-8-3-2-7(10)4-9(8)12/h2-5H,6H2,1H3. The second-order valence-electron chi connectivity index (χ2n) is 2.77. The zero-order valence-corrected chi connectivity index (χ0v) is 7.20. The SMILES string of the molecule is COCn1cnc2ccc(F)cc21. The Labute approximate surface area is 74.8 Å². The van der Waals surface area contributed by atoms with Crippen molar-refractivity contribution in [1.82, 2.24) is 9.55 Å². The lowest BCUT2D eigenvalue weighted by Crippen LogP contribution is -1.97. The van der Waals surface area contributed by atoms with E-state index in [9.17, 15) is 4.39 Å². The van der Waals surface area contributed by atoms with Gasteiger partial charge >= 0.3 is 0 Å². The number of halogens is 1. The Morgan fingerprint density at radius 1 is 1.54 bits per heavy atom. The number of ether oxygens (including phenoxy) is 1. The van der Waals surface area contributed by atoms with Crippen molar-refractivity contribution in [2.75, 3.05) is 7.11 Å². The second kappa shape index (κ2) is 3.14. The van der Waals surface area contributed by atoms with Crippen molar-refractivity contribution in [2.45, 2.75) is 6.73 Å². The normalized spacial score (nSPS) is 10.9. The van der Waals surface area contributed by atoms with E-state index in [1.807, 2.05) is 0 Å². The number of aromatic nitrogens is 2. The zero-order chi connectivity index (χ0) is 9.26. The van der Waals surface area contributed by atoms with Gasteiger partial charge < -0.3 is 9.30 Å². The van der Waals surface area contributed by atoms with Gasteiger partial charge in [0.25, 0.3) is 0 Å². The van der Waals surface area contributed by atoms with E-state index in [4.69, 9.17) is 4.74 Å². The van der Waals surface area contributed by atoms with E-state index in [1.54, 1.807) is 24.1 Å². The molecule has 0 aliphatic carbocycles. The molecule has 2 rings (SSSR count). The molecule has 0 aliphatic heterocycles. The molecule has 0 saturated carbocycles. The minimum atomic E-state index is -0.259. The molecule has 2 aromatic rings. The molecule has 0 fully saturated rings. The predicted octanol–water partition coefficient (Wildman–Crippen LogP) is 1.78. The first-order valence-corrected chi connectivity index (χ1v) is 3.90. The lowest BCUT2D eigenvalue weighted by molar-refractivity contribution is 0.134. The van der Waals surface area contributed by atoms with Gasteiger partial charge in [0.2, 0.25) is 0 Å². The van der Waals surface area contributed by atoms with Gasteiger partial charge in [-0.15, -0.1) is 0 Å². The second-order valence-corrected chi connectivity index (χ2v) is 2.77. The van der Waals surface area contributed by atoms with Crippen molar-refractivity contribution < 1.29 is 9.13 Å². The summed E-state index contributed by atoms with van der Waals surface area (Å²) in [6.45, 7) is 0.389. The topological polar surface area (TPSA) is 27.1 Å². The predicted molar refractivity (Wildman–Crippen MR) is 46.7 cm³/mol. The summed E-state index contributed by atoms with van der Waals surface area (Å²) in [6, 6.07) is 4.49. The van der Waals surface area contributed by atoms with E-state index in [-0.39, 0.29) is 5.82 Å². The van der Waals surface area contributed by atoms with E-state index in [0.717, 1.165) is 11.0 Å². The summed E-state index contributed by atoms with van der Waals surface area (Å²) >= 11 is 0. The van der Waals surface area contributed by atoms with Crippen molar-refractivity contribution in [3.8, 4) is 0 Å². The van der Waals surface area contributed by atoms with Gasteiger partial charge in [-0.25, -0.2) is 9.37 Å². The molecule has 68 valence electrons. The van der Waals surface area contributed by atoms with Crippen LogP contribution >= 0.6 is 0 Å². The lowest BCUT2D eigenvalue weighted by atomic mass is 10.3. The molecule has 0 saturated heterocycles. The van der Waals surface area contributed by atoms with Crippen molar-refractivity contribution in [2.24, 2.45) is 0 Å². The Bertz CT molecular complexity index is 424. The third-order valence-corrected chi connectivity index (χ3v) is 1.85. The first-order chi connectivity index (χ1) is 6.31. The number of nitrogens with zero attached hydrogens (tertiary/aromatic N) is 2. The highest BCUT2D eigenvalue weighted by Crippen LogP contribution is 2.13. The number of imidazole rings is 1. The number of hydrogen-bond acceptors (Lipinski definition) is 2. The van der Waals surface area contributed by atoms with E-state index in [0.29, 0.717) is 6.73 Å². The van der Waals surface area contributed by atoms with Crippen LogP contribution in [0.3, 0.4) is 0 Å². The molecule has 1 heterocycles. The Hall–Kier alpha value is -1.42. The van der Waals surface area contributed by atoms with Crippen molar-refractivity contribution in [3.63, 3.8) is 0 Å². The van der Waals surface area contributed by atoms with Crippen molar-refractivity contribution >= 4 is 11.0 Å². The molecule has 0 aliphatic rings. The third kappa shape index (κ3) is 1.40. The van der Waals surface area contributed by atoms with Crippen molar-refractivity contribution in [1.29, 1.82) is 0 Å². The first kappa shape index (κ1) is 8.19. The fourth-order valence-electron chi connectivity index (χ4n) is 1.27. The van der Waals surface area contributed by atoms with Crippen LogP contribution in [0.5, 0.6) is 0 Å². The van der Waals surface area contributed by atoms with Gasteiger partial charge in [-0.1, -0.05) is 0 Å². The minimum Gasteiger partial charge on any atom is -0.364 e. The highest BCUT2D eigenvalue weighted by molar-refractivity contribution is 5.75. The van der Waals surface area contributed by atoms with Crippen LogP contribution in [0.1, 0.15) is 0 Å². The fraction of sp³-hybridized carbons (Fsp3) is 0.222. The van der Waals surface area contributed by atoms with Crippen molar-refractivity contribution in [3.05, 3.63) is 30.3 Å². The summed E-state index contributed by atoms with van der Waals surface area (Å²) in [4.78, 5) is 4.09. The highest BCUT2D eigenvalue weighted by Gasteiger charge is 2.02. The highest BCUT2D eigenvalue weighted by atomic mass is 19.1. The van der Waals surface area contributed by atoms with Crippen LogP contribution < -0.4 is 0 Å². The average Bonchev–Trinajstić information content (AvgIpc) is 2.49. The molecule has 0 unspecified atom stereocenters. The van der Waals surface area contributed by atoms with E-state index >= 15 is 0 Å². The van der Waals surface area contributed by atoms with Crippen LogP contribution in [0.4, 0.5) is 4.39 Å². The van der Waals surface area contributed by atoms with Crippen LogP contribution in [0.15, 0.2) is 24.5 Å². The smallest absolute Gasteiger partial charge is 0.125 e. The minimum absolute atomic E-state index is 0.259. The maximum atomic E-state index is 12.9. The largest absolute Gasteiger partial charge is 0.364 e. The van der Waals surface area contributed by atoms with Gasteiger partial charge in [-0.05, 0) is 18.2 Å². The molecule has 0 atom stereocenters. The van der Waals surface area contributed by atoms with Crippen LogP contribution in [0.2, 0.25) is 0 Å². The quantitative estimate of drug-likeness (QED) is 0.704. The monoisotopic (exact) mass is 180 g/mol. The Kier molecular flexibility index (Phi) is 1.98. The Morgan fingerprint density at radius 3 is 3.15 bits per heavy atom. The average molecular weight is 180 g/mol. The number of fused-ring (bicyclic) bond motifs is 1. The Morgan fingerprint density at radius 2 is 2.38 bits per heavy atom. The van der Waals surface area contributed by atoms with Crippen LogP contribution in [0.25, 0.3) is 11.0 Å². The van der Waals surface area contributed by atoms with E-state index < -0.39 is 0 Å². The van der Waals surface area contributed by atoms with Gasteiger partial charge in [0.15, 0.2) is 0 Å². The molecule has 4 heteroatoms. The fourth-order valence-corrected chi connectivity index (χ4v) is 1.27.